The maximum atomic E-state index is 12.3. The standard InChI is InChI=1S/C29H37N7O4/c1-29(2,3)40-28(38)36-12-9-21(10-13-36)39-26-18-20(8-11-31-26)34-14-16-35(17-15-34)24-19-23(32-33-27(24)30)22-6-4-5-7-25(22)37/h4-8,11,18-19,21,37H,9-10,12-17H2,1-3H3,(H2,30,33). The van der Waals surface area contributed by atoms with Gasteiger partial charge >= 0.3 is 6.09 Å². The molecule has 0 atom stereocenters. The van der Waals surface area contributed by atoms with Crippen LogP contribution in [0.4, 0.5) is 22.0 Å². The predicted octanol–water partition coefficient (Wildman–Crippen LogP) is 3.93. The minimum atomic E-state index is -0.503. The topological polar surface area (TPSA) is 130 Å². The predicted molar refractivity (Wildman–Crippen MR) is 154 cm³/mol. The summed E-state index contributed by atoms with van der Waals surface area (Å²) in [6.45, 7) is 9.88. The van der Waals surface area contributed by atoms with Gasteiger partial charge in [0.1, 0.15) is 17.5 Å². The van der Waals surface area contributed by atoms with Gasteiger partial charge < -0.3 is 35.0 Å². The van der Waals surface area contributed by atoms with Crippen molar-refractivity contribution < 1.29 is 19.4 Å². The fourth-order valence-electron chi connectivity index (χ4n) is 4.99. The number of pyridine rings is 1. The lowest BCUT2D eigenvalue weighted by Gasteiger charge is -2.37. The van der Waals surface area contributed by atoms with E-state index in [2.05, 4.69) is 25.0 Å². The van der Waals surface area contributed by atoms with Gasteiger partial charge in [-0.15, -0.1) is 10.2 Å². The molecule has 40 heavy (non-hydrogen) atoms. The lowest BCUT2D eigenvalue weighted by molar-refractivity contribution is 0.0123. The highest BCUT2D eigenvalue weighted by atomic mass is 16.6. The van der Waals surface area contributed by atoms with Crippen molar-refractivity contribution in [1.82, 2.24) is 20.1 Å². The molecule has 0 unspecified atom stereocenters. The molecule has 0 bridgehead atoms. The minimum absolute atomic E-state index is 0.00121. The van der Waals surface area contributed by atoms with Crippen molar-refractivity contribution in [2.24, 2.45) is 0 Å². The highest BCUT2D eigenvalue weighted by Gasteiger charge is 2.28. The minimum Gasteiger partial charge on any atom is -0.507 e. The molecule has 2 aliphatic heterocycles. The third-order valence-corrected chi connectivity index (χ3v) is 7.07. The number of aromatic hydroxyl groups is 1. The number of benzene rings is 1. The Morgan fingerprint density at radius 3 is 2.38 bits per heavy atom. The summed E-state index contributed by atoms with van der Waals surface area (Å²) < 4.78 is 11.7. The Hall–Kier alpha value is -4.28. The molecule has 0 saturated carbocycles. The number of nitrogen functional groups attached to an aromatic ring is 1. The van der Waals surface area contributed by atoms with Crippen LogP contribution in [0.2, 0.25) is 0 Å². The zero-order chi connectivity index (χ0) is 28.3. The number of phenols is 1. The largest absolute Gasteiger partial charge is 0.507 e. The highest BCUT2D eigenvalue weighted by molar-refractivity contribution is 5.74. The van der Waals surface area contributed by atoms with Gasteiger partial charge in [-0.05, 0) is 45.0 Å². The van der Waals surface area contributed by atoms with E-state index in [0.29, 0.717) is 36.0 Å². The van der Waals surface area contributed by atoms with Gasteiger partial charge in [0.15, 0.2) is 5.82 Å². The number of rotatable bonds is 5. The number of aromatic nitrogens is 3. The second kappa shape index (κ2) is 11.4. The van der Waals surface area contributed by atoms with Crippen LogP contribution in [0.5, 0.6) is 11.6 Å². The van der Waals surface area contributed by atoms with E-state index in [-0.39, 0.29) is 17.9 Å². The van der Waals surface area contributed by atoms with Gasteiger partial charge in [0.2, 0.25) is 5.88 Å². The van der Waals surface area contributed by atoms with E-state index >= 15 is 0 Å². The Labute approximate surface area is 234 Å². The molecule has 11 nitrogen and oxygen atoms in total. The number of para-hydroxylation sites is 1. The quantitative estimate of drug-likeness (QED) is 0.484. The summed E-state index contributed by atoms with van der Waals surface area (Å²) in [5.41, 5.74) is 8.75. The number of anilines is 3. The van der Waals surface area contributed by atoms with Gasteiger partial charge in [0.05, 0.1) is 11.4 Å². The number of hydrogen-bond acceptors (Lipinski definition) is 10. The maximum absolute atomic E-state index is 12.3. The fourth-order valence-corrected chi connectivity index (χ4v) is 4.99. The molecule has 0 spiro atoms. The molecule has 2 aliphatic rings. The van der Waals surface area contributed by atoms with Crippen LogP contribution in [-0.2, 0) is 4.74 Å². The molecule has 3 N–H and O–H groups in total. The Morgan fingerprint density at radius 2 is 1.68 bits per heavy atom. The summed E-state index contributed by atoms with van der Waals surface area (Å²) in [5.74, 6) is 1.11. The molecule has 2 saturated heterocycles. The molecule has 0 aliphatic carbocycles. The van der Waals surface area contributed by atoms with Crippen molar-refractivity contribution in [3.05, 3.63) is 48.7 Å². The van der Waals surface area contributed by atoms with E-state index in [0.717, 1.165) is 50.4 Å². The summed E-state index contributed by atoms with van der Waals surface area (Å²) in [5, 5.41) is 18.6. The summed E-state index contributed by atoms with van der Waals surface area (Å²) in [6.07, 6.45) is 2.96. The molecular weight excluding hydrogens is 510 g/mol. The Balaban J connectivity index is 1.17. The van der Waals surface area contributed by atoms with Crippen LogP contribution in [-0.4, -0.2) is 82.3 Å². The summed E-state index contributed by atoms with van der Waals surface area (Å²) in [4.78, 5) is 23.0. The van der Waals surface area contributed by atoms with Crippen LogP contribution in [0, 0.1) is 0 Å². The number of nitrogens with two attached hydrogens (primary N) is 1. The maximum Gasteiger partial charge on any atom is 0.410 e. The Bertz CT molecular complexity index is 1330. The number of ether oxygens (including phenoxy) is 2. The number of carbonyl (C=O) groups excluding carboxylic acids is 1. The van der Waals surface area contributed by atoms with Crippen molar-refractivity contribution >= 4 is 23.3 Å². The van der Waals surface area contributed by atoms with E-state index in [4.69, 9.17) is 15.2 Å². The molecule has 212 valence electrons. The van der Waals surface area contributed by atoms with Crippen LogP contribution in [0.1, 0.15) is 33.6 Å². The molecule has 1 amide bonds. The molecule has 5 rings (SSSR count). The molecule has 11 heteroatoms. The molecule has 2 aromatic heterocycles. The first kappa shape index (κ1) is 27.3. The van der Waals surface area contributed by atoms with Gasteiger partial charge in [-0.2, -0.15) is 0 Å². The van der Waals surface area contributed by atoms with E-state index in [1.807, 2.05) is 51.1 Å². The van der Waals surface area contributed by atoms with Crippen LogP contribution < -0.4 is 20.3 Å². The van der Waals surface area contributed by atoms with Crippen molar-refractivity contribution in [1.29, 1.82) is 0 Å². The third-order valence-electron chi connectivity index (χ3n) is 7.07. The van der Waals surface area contributed by atoms with E-state index < -0.39 is 5.60 Å². The number of carbonyl (C=O) groups is 1. The summed E-state index contributed by atoms with van der Waals surface area (Å²) in [6, 6.07) is 12.9. The third kappa shape index (κ3) is 6.47. The van der Waals surface area contributed by atoms with Crippen LogP contribution >= 0.6 is 0 Å². The highest BCUT2D eigenvalue weighted by Crippen LogP contribution is 2.32. The first-order valence-corrected chi connectivity index (χ1v) is 13.7. The Kier molecular flexibility index (Phi) is 7.81. The Morgan fingerprint density at radius 1 is 0.975 bits per heavy atom. The zero-order valence-corrected chi connectivity index (χ0v) is 23.3. The monoisotopic (exact) mass is 547 g/mol. The molecule has 4 heterocycles. The van der Waals surface area contributed by atoms with Gasteiger partial charge in [0.25, 0.3) is 0 Å². The van der Waals surface area contributed by atoms with Crippen LogP contribution in [0.15, 0.2) is 48.7 Å². The van der Waals surface area contributed by atoms with E-state index in [1.54, 1.807) is 23.2 Å². The SMILES string of the molecule is CC(C)(C)OC(=O)N1CCC(Oc2cc(N3CCN(c4cc(-c5ccccc5O)nnc4N)CC3)ccn2)CC1. The molecular formula is C29H37N7O4. The lowest BCUT2D eigenvalue weighted by Crippen LogP contribution is -2.47. The number of nitrogens with zero attached hydrogens (tertiary/aromatic N) is 6. The number of piperazine rings is 1. The summed E-state index contributed by atoms with van der Waals surface area (Å²) >= 11 is 0. The summed E-state index contributed by atoms with van der Waals surface area (Å²) in [7, 11) is 0. The van der Waals surface area contributed by atoms with Crippen molar-refractivity contribution in [2.45, 2.75) is 45.3 Å². The number of amides is 1. The molecule has 3 aromatic rings. The average molecular weight is 548 g/mol. The first-order valence-electron chi connectivity index (χ1n) is 13.7. The van der Waals surface area contributed by atoms with Gasteiger partial charge in [0, 0.05) is 75.6 Å². The second-order valence-electron chi connectivity index (χ2n) is 11.1. The van der Waals surface area contributed by atoms with Gasteiger partial charge in [-0.25, -0.2) is 9.78 Å². The number of piperidine rings is 1. The average Bonchev–Trinajstić information content (AvgIpc) is 2.93. The molecule has 2 fully saturated rings. The van der Waals surface area contributed by atoms with Crippen molar-refractivity contribution in [3.8, 4) is 22.9 Å². The number of phenolic OH excluding ortho intramolecular Hbond substituents is 1. The molecule has 0 radical (unpaired) electrons. The van der Waals surface area contributed by atoms with E-state index in [9.17, 15) is 9.90 Å². The van der Waals surface area contributed by atoms with Crippen LogP contribution in [0.25, 0.3) is 11.3 Å². The van der Waals surface area contributed by atoms with Gasteiger partial charge in [-0.3, -0.25) is 0 Å². The van der Waals surface area contributed by atoms with Crippen molar-refractivity contribution in [2.75, 3.05) is 54.8 Å². The second-order valence-corrected chi connectivity index (χ2v) is 11.1. The number of hydrogen-bond donors (Lipinski definition) is 2. The lowest BCUT2D eigenvalue weighted by atomic mass is 10.1. The van der Waals surface area contributed by atoms with Crippen molar-refractivity contribution in [3.63, 3.8) is 0 Å². The van der Waals surface area contributed by atoms with Gasteiger partial charge in [-0.1, -0.05) is 12.1 Å². The smallest absolute Gasteiger partial charge is 0.410 e. The van der Waals surface area contributed by atoms with E-state index in [1.165, 1.54) is 0 Å². The number of likely N-dealkylation sites (tertiary alicyclic amines) is 1. The first-order chi connectivity index (χ1) is 19.2. The zero-order valence-electron chi connectivity index (χ0n) is 23.3. The van der Waals surface area contributed by atoms with Crippen LogP contribution in [0.3, 0.4) is 0 Å². The normalized spacial score (nSPS) is 16.6. The molecule has 1 aromatic carbocycles. The fraction of sp³-hybridized carbons (Fsp3) is 0.448.